The Morgan fingerprint density at radius 2 is 2.29 bits per heavy atom. The molecule has 0 fully saturated rings. The Hall–Kier alpha value is -0.510. The topological polar surface area (TPSA) is 29.1 Å². The molecular weight excluding hydrogens is 254 g/mol. The highest BCUT2D eigenvalue weighted by molar-refractivity contribution is 7.97. The van der Waals surface area contributed by atoms with Crippen LogP contribution in [0.2, 0.25) is 5.02 Å². The van der Waals surface area contributed by atoms with Crippen molar-refractivity contribution in [3.05, 3.63) is 34.9 Å². The average molecular weight is 272 g/mol. The molecule has 0 saturated heterocycles. The smallest absolute Gasteiger partial charge is 0.180 e. The van der Waals surface area contributed by atoms with Gasteiger partial charge in [-0.1, -0.05) is 49.0 Å². The van der Waals surface area contributed by atoms with E-state index in [0.717, 1.165) is 12.2 Å². The maximum atomic E-state index is 12.0. The fraction of sp³-hybridized carbons (Fsp3) is 0.462. The van der Waals surface area contributed by atoms with Gasteiger partial charge in [0.15, 0.2) is 5.78 Å². The van der Waals surface area contributed by atoms with Crippen LogP contribution in [-0.2, 0) is 0 Å². The second kappa shape index (κ2) is 7.75. The van der Waals surface area contributed by atoms with E-state index in [4.69, 9.17) is 11.6 Å². The van der Waals surface area contributed by atoms with Gasteiger partial charge in [0, 0.05) is 16.3 Å². The van der Waals surface area contributed by atoms with Gasteiger partial charge in [-0.2, -0.15) is 0 Å². The molecule has 0 aromatic heterocycles. The third-order valence-corrected chi connectivity index (χ3v) is 3.61. The Kier molecular flexibility index (Phi) is 6.63. The summed E-state index contributed by atoms with van der Waals surface area (Å²) in [4.78, 5) is 12.0. The van der Waals surface area contributed by atoms with Crippen molar-refractivity contribution in [3.63, 3.8) is 0 Å². The summed E-state index contributed by atoms with van der Waals surface area (Å²) in [5, 5.41) is 0.599. The van der Waals surface area contributed by atoms with Gasteiger partial charge >= 0.3 is 0 Å². The molecule has 2 nitrogen and oxygen atoms in total. The molecule has 1 aromatic carbocycles. The van der Waals surface area contributed by atoms with Crippen molar-refractivity contribution in [2.45, 2.75) is 32.7 Å². The predicted octanol–water partition coefficient (Wildman–Crippen LogP) is 3.95. The van der Waals surface area contributed by atoms with Crippen molar-refractivity contribution >= 4 is 29.3 Å². The second-order valence-corrected chi connectivity index (χ2v) is 5.29. The van der Waals surface area contributed by atoms with Crippen LogP contribution in [0.5, 0.6) is 0 Å². The normalized spacial score (nSPS) is 12.4. The van der Waals surface area contributed by atoms with Crippen LogP contribution in [0, 0.1) is 0 Å². The van der Waals surface area contributed by atoms with E-state index in [2.05, 4.69) is 11.6 Å². The van der Waals surface area contributed by atoms with Crippen molar-refractivity contribution in [1.29, 1.82) is 0 Å². The van der Waals surface area contributed by atoms with Gasteiger partial charge in [-0.25, -0.2) is 0 Å². The summed E-state index contributed by atoms with van der Waals surface area (Å²) in [5.41, 5.74) is 0.661. The molecule has 4 heteroatoms. The summed E-state index contributed by atoms with van der Waals surface area (Å²) in [6, 6.07) is 6.89. The molecule has 1 atom stereocenters. The minimum Gasteiger partial charge on any atom is -0.292 e. The SMILES string of the molecule is CCCCSN[C@H](C)C(=O)c1cccc(Cl)c1. The number of halogens is 1. The lowest BCUT2D eigenvalue weighted by Gasteiger charge is -2.12. The molecule has 1 N–H and O–H groups in total. The van der Waals surface area contributed by atoms with Crippen LogP contribution in [0.3, 0.4) is 0 Å². The van der Waals surface area contributed by atoms with Gasteiger partial charge < -0.3 is 0 Å². The van der Waals surface area contributed by atoms with Crippen molar-refractivity contribution in [1.82, 2.24) is 4.72 Å². The minimum atomic E-state index is -0.185. The zero-order valence-corrected chi connectivity index (χ0v) is 11.8. The van der Waals surface area contributed by atoms with Crippen LogP contribution in [0.15, 0.2) is 24.3 Å². The van der Waals surface area contributed by atoms with Gasteiger partial charge in [0.2, 0.25) is 0 Å². The lowest BCUT2D eigenvalue weighted by molar-refractivity contribution is 0.0962. The van der Waals surface area contributed by atoms with Gasteiger partial charge in [0.05, 0.1) is 6.04 Å². The maximum absolute atomic E-state index is 12.0. The summed E-state index contributed by atoms with van der Waals surface area (Å²) in [6.45, 7) is 4.03. The van der Waals surface area contributed by atoms with E-state index in [9.17, 15) is 4.79 Å². The maximum Gasteiger partial charge on any atom is 0.180 e. The molecule has 0 radical (unpaired) electrons. The average Bonchev–Trinajstić information content (AvgIpc) is 2.33. The van der Waals surface area contributed by atoms with E-state index in [-0.39, 0.29) is 11.8 Å². The number of hydrogen-bond donors (Lipinski definition) is 1. The highest BCUT2D eigenvalue weighted by Gasteiger charge is 2.14. The molecule has 0 amide bonds. The number of unbranched alkanes of at least 4 members (excludes halogenated alkanes) is 1. The molecule has 1 aromatic rings. The molecular formula is C13H18ClNOS. The Labute approximate surface area is 112 Å². The Balaban J connectivity index is 2.46. The molecule has 0 spiro atoms. The molecule has 0 unspecified atom stereocenters. The molecule has 0 aliphatic rings. The fourth-order valence-electron chi connectivity index (χ4n) is 1.35. The standard InChI is InChI=1S/C13H18ClNOS/c1-3-4-8-17-15-10(2)13(16)11-6-5-7-12(14)9-11/h5-7,9-10,15H,3-4,8H2,1-2H3/t10-/m1/s1. The summed E-state index contributed by atoms with van der Waals surface area (Å²) >= 11 is 7.47. The number of nitrogens with one attached hydrogen (secondary N) is 1. The van der Waals surface area contributed by atoms with Crippen molar-refractivity contribution < 1.29 is 4.79 Å². The molecule has 0 aliphatic heterocycles. The first-order chi connectivity index (χ1) is 8.15. The Morgan fingerprint density at radius 1 is 1.53 bits per heavy atom. The minimum absolute atomic E-state index is 0.0801. The first kappa shape index (κ1) is 14.6. The lowest BCUT2D eigenvalue weighted by Crippen LogP contribution is -2.29. The van der Waals surface area contributed by atoms with E-state index in [1.165, 1.54) is 6.42 Å². The zero-order valence-electron chi connectivity index (χ0n) is 10.2. The van der Waals surface area contributed by atoms with Crippen molar-refractivity contribution in [3.8, 4) is 0 Å². The molecule has 0 aliphatic carbocycles. The third-order valence-electron chi connectivity index (χ3n) is 2.36. The van der Waals surface area contributed by atoms with E-state index in [0.29, 0.717) is 10.6 Å². The van der Waals surface area contributed by atoms with Gasteiger partial charge in [-0.3, -0.25) is 9.52 Å². The zero-order chi connectivity index (χ0) is 12.7. The fourth-order valence-corrected chi connectivity index (χ4v) is 2.44. The number of benzene rings is 1. The number of carbonyl (C=O) groups excluding carboxylic acids is 1. The summed E-state index contributed by atoms with van der Waals surface area (Å²) in [7, 11) is 0. The summed E-state index contributed by atoms with van der Waals surface area (Å²) < 4.78 is 3.16. The largest absolute Gasteiger partial charge is 0.292 e. The number of hydrogen-bond acceptors (Lipinski definition) is 3. The van der Waals surface area contributed by atoms with Crippen molar-refractivity contribution in [2.75, 3.05) is 5.75 Å². The van der Waals surface area contributed by atoms with Gasteiger partial charge in [0.1, 0.15) is 0 Å². The quantitative estimate of drug-likeness (QED) is 0.463. The predicted molar refractivity (Wildman–Crippen MR) is 75.7 cm³/mol. The third kappa shape index (κ3) is 5.11. The van der Waals surface area contributed by atoms with Crippen LogP contribution in [0.1, 0.15) is 37.0 Å². The highest BCUT2D eigenvalue weighted by atomic mass is 35.5. The molecule has 0 heterocycles. The molecule has 94 valence electrons. The van der Waals surface area contributed by atoms with Crippen molar-refractivity contribution in [2.24, 2.45) is 0 Å². The number of carbonyl (C=O) groups is 1. The van der Waals surface area contributed by atoms with Crippen LogP contribution in [0.25, 0.3) is 0 Å². The highest BCUT2D eigenvalue weighted by Crippen LogP contribution is 2.13. The summed E-state index contributed by atoms with van der Waals surface area (Å²) in [5.74, 6) is 1.11. The first-order valence-electron chi connectivity index (χ1n) is 5.82. The molecule has 0 bridgehead atoms. The number of rotatable bonds is 7. The Morgan fingerprint density at radius 3 is 2.94 bits per heavy atom. The number of Topliss-reactive ketones (excluding diaryl/α,β-unsaturated/α-hetero) is 1. The Bertz CT molecular complexity index is 370. The van der Waals surface area contributed by atoms with Crippen LogP contribution in [-0.4, -0.2) is 17.6 Å². The molecule has 17 heavy (non-hydrogen) atoms. The van der Waals surface area contributed by atoms with Crippen LogP contribution in [0.4, 0.5) is 0 Å². The second-order valence-electron chi connectivity index (χ2n) is 3.92. The van der Waals surface area contributed by atoms with E-state index >= 15 is 0 Å². The summed E-state index contributed by atoms with van der Waals surface area (Å²) in [6.07, 6.45) is 2.33. The van der Waals surface area contributed by atoms with E-state index < -0.39 is 0 Å². The van der Waals surface area contributed by atoms with Gasteiger partial charge in [-0.05, 0) is 25.5 Å². The van der Waals surface area contributed by atoms with Crippen LogP contribution < -0.4 is 4.72 Å². The van der Waals surface area contributed by atoms with Crippen LogP contribution >= 0.6 is 23.5 Å². The van der Waals surface area contributed by atoms with E-state index in [1.807, 2.05) is 6.92 Å². The first-order valence-corrected chi connectivity index (χ1v) is 7.18. The van der Waals surface area contributed by atoms with E-state index in [1.54, 1.807) is 36.2 Å². The lowest BCUT2D eigenvalue weighted by atomic mass is 10.1. The van der Waals surface area contributed by atoms with Gasteiger partial charge in [0.25, 0.3) is 0 Å². The monoisotopic (exact) mass is 271 g/mol. The number of ketones is 1. The van der Waals surface area contributed by atoms with Gasteiger partial charge in [-0.15, -0.1) is 0 Å². The molecule has 1 rings (SSSR count). The molecule has 0 saturated carbocycles.